The molecule has 0 fully saturated rings. The molecule has 3 N–H and O–H groups in total. The summed E-state index contributed by atoms with van der Waals surface area (Å²) >= 11 is 0. The Morgan fingerprint density at radius 2 is 2.00 bits per heavy atom. The van der Waals surface area contributed by atoms with Gasteiger partial charge in [-0.25, -0.2) is 9.18 Å². The molecule has 1 aromatic heterocycles. The zero-order valence-corrected chi connectivity index (χ0v) is 15.0. The van der Waals surface area contributed by atoms with Gasteiger partial charge in [-0.05, 0) is 25.1 Å². The van der Waals surface area contributed by atoms with Crippen LogP contribution in [-0.2, 0) is 9.53 Å². The van der Waals surface area contributed by atoms with E-state index < -0.39 is 18.0 Å². The van der Waals surface area contributed by atoms with Crippen molar-refractivity contribution in [2.24, 2.45) is 0 Å². The number of hydrogen-bond acceptors (Lipinski definition) is 5. The van der Waals surface area contributed by atoms with E-state index in [0.717, 1.165) is 0 Å². The van der Waals surface area contributed by atoms with Crippen molar-refractivity contribution in [1.82, 2.24) is 10.3 Å². The maximum atomic E-state index is 13.8. The molecule has 0 aliphatic heterocycles. The van der Waals surface area contributed by atoms with Crippen LogP contribution in [0.5, 0.6) is 5.75 Å². The number of nitrogens with zero attached hydrogens (tertiary/aromatic N) is 1. The van der Waals surface area contributed by atoms with Crippen LogP contribution >= 0.6 is 0 Å². The number of halogens is 1. The van der Waals surface area contributed by atoms with Crippen LogP contribution in [0.15, 0.2) is 42.7 Å². The first-order valence-electron chi connectivity index (χ1n) is 8.17. The van der Waals surface area contributed by atoms with E-state index in [2.05, 4.69) is 20.9 Å². The summed E-state index contributed by atoms with van der Waals surface area (Å²) in [5.41, 5.74) is 0.727. The van der Waals surface area contributed by atoms with Gasteiger partial charge < -0.3 is 25.4 Å². The van der Waals surface area contributed by atoms with E-state index in [1.54, 1.807) is 25.3 Å². The quantitative estimate of drug-likeness (QED) is 0.657. The van der Waals surface area contributed by atoms with Crippen LogP contribution in [-0.4, -0.2) is 43.3 Å². The Hall–Kier alpha value is -3.20. The summed E-state index contributed by atoms with van der Waals surface area (Å²) in [7, 11) is 1.42. The summed E-state index contributed by atoms with van der Waals surface area (Å²) < 4.78 is 24.1. The predicted octanol–water partition coefficient (Wildman–Crippen LogP) is 2.39. The second kappa shape index (κ2) is 10.1. The summed E-state index contributed by atoms with van der Waals surface area (Å²) in [5.74, 6) is -0.624. The maximum absolute atomic E-state index is 13.8. The van der Waals surface area contributed by atoms with E-state index in [9.17, 15) is 14.0 Å². The average molecular weight is 376 g/mol. The minimum absolute atomic E-state index is 0.0488. The van der Waals surface area contributed by atoms with Crippen molar-refractivity contribution in [2.45, 2.75) is 13.0 Å². The molecule has 144 valence electrons. The van der Waals surface area contributed by atoms with E-state index >= 15 is 0 Å². The second-order valence-corrected chi connectivity index (χ2v) is 5.66. The van der Waals surface area contributed by atoms with Crippen molar-refractivity contribution in [2.75, 3.05) is 30.9 Å². The van der Waals surface area contributed by atoms with Crippen molar-refractivity contribution in [1.29, 1.82) is 0 Å². The van der Waals surface area contributed by atoms with Crippen LogP contribution in [0.1, 0.15) is 6.92 Å². The van der Waals surface area contributed by atoms with E-state index in [4.69, 9.17) is 9.47 Å². The van der Waals surface area contributed by atoms with Crippen molar-refractivity contribution in [3.05, 3.63) is 48.5 Å². The van der Waals surface area contributed by atoms with Gasteiger partial charge in [0.05, 0.1) is 18.4 Å². The number of rotatable bonds is 8. The lowest BCUT2D eigenvalue weighted by molar-refractivity contribution is -0.125. The molecule has 0 saturated carbocycles. The summed E-state index contributed by atoms with van der Waals surface area (Å²) in [4.78, 5) is 27.2. The highest BCUT2D eigenvalue weighted by atomic mass is 19.1. The molecule has 1 atom stereocenters. The van der Waals surface area contributed by atoms with Gasteiger partial charge in [0.25, 0.3) is 0 Å². The number of nitrogens with one attached hydrogen (secondary N) is 3. The fourth-order valence-electron chi connectivity index (χ4n) is 2.15. The third-order valence-electron chi connectivity index (χ3n) is 3.25. The lowest BCUT2D eigenvalue weighted by Crippen LogP contribution is -2.35. The highest BCUT2D eigenvalue weighted by Gasteiger charge is 2.10. The molecule has 0 unspecified atom stereocenters. The monoisotopic (exact) mass is 376 g/mol. The normalized spacial score (nSPS) is 11.4. The van der Waals surface area contributed by atoms with Gasteiger partial charge in [-0.3, -0.25) is 9.78 Å². The number of carbonyl (C=O) groups is 2. The number of benzene rings is 1. The van der Waals surface area contributed by atoms with Crippen LogP contribution < -0.4 is 20.7 Å². The summed E-state index contributed by atoms with van der Waals surface area (Å²) in [6.45, 7) is 1.90. The Labute approximate surface area is 156 Å². The Morgan fingerprint density at radius 1 is 1.22 bits per heavy atom. The van der Waals surface area contributed by atoms with Crippen LogP contribution in [0, 0.1) is 5.82 Å². The zero-order chi connectivity index (χ0) is 19.6. The standard InChI is InChI=1S/C18H21FN4O4/c1-12(9-21-17(24)11-26-2)27-16-7-13(19)6-15(8-16)23-18(25)22-14-4-3-5-20-10-14/h3-8,10,12H,9,11H2,1-2H3,(H,21,24)(H2,22,23,25)/t12-/m0/s1. The molecule has 3 amide bonds. The number of amides is 3. The summed E-state index contributed by atoms with van der Waals surface area (Å²) in [5, 5.41) is 7.73. The van der Waals surface area contributed by atoms with Gasteiger partial charge in [0.15, 0.2) is 0 Å². The molecule has 9 heteroatoms. The number of urea groups is 1. The number of methoxy groups -OCH3 is 1. The molecule has 2 aromatic rings. The van der Waals surface area contributed by atoms with Crippen molar-refractivity contribution < 1.29 is 23.5 Å². The molecule has 0 aliphatic rings. The average Bonchev–Trinajstić information content (AvgIpc) is 2.60. The highest BCUT2D eigenvalue weighted by Crippen LogP contribution is 2.21. The van der Waals surface area contributed by atoms with Gasteiger partial charge in [0.1, 0.15) is 24.3 Å². The molecule has 1 heterocycles. The van der Waals surface area contributed by atoms with Crippen molar-refractivity contribution in [3.8, 4) is 5.75 Å². The number of hydrogen-bond donors (Lipinski definition) is 3. The maximum Gasteiger partial charge on any atom is 0.323 e. The topological polar surface area (TPSA) is 102 Å². The minimum Gasteiger partial charge on any atom is -0.489 e. The largest absolute Gasteiger partial charge is 0.489 e. The van der Waals surface area contributed by atoms with E-state index in [1.807, 2.05) is 0 Å². The lowest BCUT2D eigenvalue weighted by Gasteiger charge is -2.16. The Bertz CT molecular complexity index is 773. The molecule has 0 bridgehead atoms. The van der Waals surface area contributed by atoms with Gasteiger partial charge in [0.2, 0.25) is 5.91 Å². The SMILES string of the molecule is COCC(=O)NC[C@H](C)Oc1cc(F)cc(NC(=O)Nc2cccnc2)c1. The number of carbonyl (C=O) groups excluding carboxylic acids is 2. The fraction of sp³-hybridized carbons (Fsp3) is 0.278. The number of ether oxygens (including phenoxy) is 2. The van der Waals surface area contributed by atoms with Crippen LogP contribution in [0.3, 0.4) is 0 Å². The highest BCUT2D eigenvalue weighted by molar-refractivity contribution is 5.99. The first-order valence-corrected chi connectivity index (χ1v) is 8.17. The molecule has 0 radical (unpaired) electrons. The lowest BCUT2D eigenvalue weighted by atomic mass is 10.3. The van der Waals surface area contributed by atoms with E-state index in [0.29, 0.717) is 5.69 Å². The second-order valence-electron chi connectivity index (χ2n) is 5.66. The Kier molecular flexibility index (Phi) is 7.50. The zero-order valence-electron chi connectivity index (χ0n) is 15.0. The van der Waals surface area contributed by atoms with Crippen molar-refractivity contribution in [3.63, 3.8) is 0 Å². The summed E-state index contributed by atoms with van der Waals surface area (Å²) in [6.07, 6.45) is 2.65. The van der Waals surface area contributed by atoms with Gasteiger partial charge in [0, 0.05) is 31.1 Å². The van der Waals surface area contributed by atoms with Gasteiger partial charge in [-0.2, -0.15) is 0 Å². The molecule has 27 heavy (non-hydrogen) atoms. The van der Waals surface area contributed by atoms with Crippen LogP contribution in [0.4, 0.5) is 20.6 Å². The molecule has 0 saturated heterocycles. The third-order valence-corrected chi connectivity index (χ3v) is 3.25. The predicted molar refractivity (Wildman–Crippen MR) is 98.3 cm³/mol. The van der Waals surface area contributed by atoms with E-state index in [1.165, 1.54) is 31.5 Å². The van der Waals surface area contributed by atoms with Gasteiger partial charge >= 0.3 is 6.03 Å². The third kappa shape index (κ3) is 7.28. The smallest absolute Gasteiger partial charge is 0.323 e. The number of anilines is 2. The Morgan fingerprint density at radius 3 is 2.70 bits per heavy atom. The Balaban J connectivity index is 1.92. The molecular weight excluding hydrogens is 355 g/mol. The summed E-state index contributed by atoms with van der Waals surface area (Å²) in [6, 6.07) is 6.65. The van der Waals surface area contributed by atoms with Crippen molar-refractivity contribution >= 4 is 23.3 Å². The fourth-order valence-corrected chi connectivity index (χ4v) is 2.15. The first-order chi connectivity index (χ1) is 13.0. The molecule has 1 aromatic carbocycles. The van der Waals surface area contributed by atoms with Gasteiger partial charge in [-0.1, -0.05) is 0 Å². The van der Waals surface area contributed by atoms with Gasteiger partial charge in [-0.15, -0.1) is 0 Å². The molecule has 0 aliphatic carbocycles. The molecule has 8 nitrogen and oxygen atoms in total. The van der Waals surface area contributed by atoms with Crippen LogP contribution in [0.25, 0.3) is 0 Å². The molecule has 2 rings (SSSR count). The van der Waals surface area contributed by atoms with E-state index in [-0.39, 0.29) is 30.5 Å². The minimum atomic E-state index is -0.570. The first kappa shape index (κ1) is 20.1. The van der Waals surface area contributed by atoms with Crippen LogP contribution in [0.2, 0.25) is 0 Å². The number of aromatic nitrogens is 1. The molecule has 0 spiro atoms. The number of pyridine rings is 1. The molecular formula is C18H21FN4O4.